The summed E-state index contributed by atoms with van der Waals surface area (Å²) in [6.45, 7) is 4.27. The maximum atomic E-state index is 12.9. The molecule has 0 atom stereocenters. The second-order valence-corrected chi connectivity index (χ2v) is 8.40. The Bertz CT molecular complexity index is 1440. The molecule has 3 aromatic carbocycles. The molecule has 0 bridgehead atoms. The third kappa shape index (κ3) is 3.45. The van der Waals surface area contributed by atoms with Crippen molar-refractivity contribution in [2.24, 2.45) is 4.99 Å². The molecule has 1 aromatic heterocycles. The Morgan fingerprint density at radius 1 is 0.844 bits per heavy atom. The molecule has 0 aliphatic carbocycles. The first-order valence-electron chi connectivity index (χ1n) is 9.63. The number of amidine groups is 1. The average molecular weight is 482 g/mol. The highest BCUT2D eigenvalue weighted by atomic mass is 35.5. The molecule has 0 amide bonds. The van der Waals surface area contributed by atoms with Gasteiger partial charge >= 0.3 is 5.69 Å². The van der Waals surface area contributed by atoms with Gasteiger partial charge in [-0.2, -0.15) is 0 Å². The van der Waals surface area contributed by atoms with Gasteiger partial charge in [-0.25, -0.2) is 14.4 Å². The highest BCUT2D eigenvalue weighted by Crippen LogP contribution is 2.39. The van der Waals surface area contributed by atoms with Gasteiger partial charge in [0.2, 0.25) is 0 Å². The van der Waals surface area contributed by atoms with Gasteiger partial charge in [0.25, 0.3) is 0 Å². The summed E-state index contributed by atoms with van der Waals surface area (Å²) in [7, 11) is 0. The predicted molar refractivity (Wildman–Crippen MR) is 132 cm³/mol. The Morgan fingerprint density at radius 2 is 1.53 bits per heavy atom. The van der Waals surface area contributed by atoms with E-state index in [1.165, 1.54) is 4.57 Å². The van der Waals surface area contributed by atoms with Gasteiger partial charge in [-0.3, -0.25) is 4.90 Å². The number of nitrogens with zero attached hydrogens (tertiary/aromatic N) is 3. The van der Waals surface area contributed by atoms with Gasteiger partial charge < -0.3 is 4.98 Å². The smallest absolute Gasteiger partial charge is 0.302 e. The van der Waals surface area contributed by atoms with Gasteiger partial charge in [-0.15, -0.1) is 0 Å². The van der Waals surface area contributed by atoms with Crippen molar-refractivity contribution in [2.75, 3.05) is 4.90 Å². The summed E-state index contributed by atoms with van der Waals surface area (Å²) in [5.41, 5.74) is 2.85. The maximum Gasteiger partial charge on any atom is 0.332 e. The van der Waals surface area contributed by atoms with Crippen molar-refractivity contribution in [1.82, 2.24) is 9.55 Å². The molecular formula is C24H15Cl3N4O. The summed E-state index contributed by atoms with van der Waals surface area (Å²) in [5, 5.41) is 1.54. The summed E-state index contributed by atoms with van der Waals surface area (Å²) in [4.78, 5) is 22.5. The van der Waals surface area contributed by atoms with E-state index in [-0.39, 0.29) is 5.69 Å². The molecule has 5 nitrogen and oxygen atoms in total. The molecule has 158 valence electrons. The second kappa shape index (κ2) is 8.02. The van der Waals surface area contributed by atoms with Crippen LogP contribution in [0.2, 0.25) is 15.1 Å². The molecule has 1 N–H and O–H groups in total. The number of anilines is 1. The van der Waals surface area contributed by atoms with Gasteiger partial charge in [-0.05, 0) is 54.6 Å². The monoisotopic (exact) mass is 480 g/mol. The van der Waals surface area contributed by atoms with E-state index in [1.54, 1.807) is 30.3 Å². The van der Waals surface area contributed by atoms with Gasteiger partial charge in [0, 0.05) is 21.3 Å². The van der Waals surface area contributed by atoms with Crippen LogP contribution in [0.3, 0.4) is 0 Å². The fourth-order valence-corrected chi connectivity index (χ4v) is 4.28. The third-order valence-corrected chi connectivity index (χ3v) is 5.92. The number of hydrogen-bond acceptors (Lipinski definition) is 3. The number of hydrogen-bond donors (Lipinski definition) is 1. The number of fused-ring (bicyclic) bond motifs is 1. The van der Waals surface area contributed by atoms with E-state index >= 15 is 0 Å². The van der Waals surface area contributed by atoms with E-state index in [9.17, 15) is 4.79 Å². The van der Waals surface area contributed by atoms with E-state index in [2.05, 4.69) is 11.6 Å². The molecular weight excluding hydrogens is 467 g/mol. The fourth-order valence-electron chi connectivity index (χ4n) is 3.66. The zero-order valence-electron chi connectivity index (χ0n) is 16.5. The molecule has 2 heterocycles. The molecule has 1 aliphatic heterocycles. The van der Waals surface area contributed by atoms with Crippen LogP contribution in [-0.2, 0) is 0 Å². The van der Waals surface area contributed by atoms with E-state index < -0.39 is 0 Å². The van der Waals surface area contributed by atoms with E-state index in [0.717, 1.165) is 5.69 Å². The van der Waals surface area contributed by atoms with Crippen LogP contribution in [-0.4, -0.2) is 15.4 Å². The van der Waals surface area contributed by atoms with Crippen molar-refractivity contribution >= 4 is 57.8 Å². The molecule has 0 unspecified atom stereocenters. The molecule has 8 heteroatoms. The van der Waals surface area contributed by atoms with Gasteiger partial charge in [0.05, 0.1) is 16.4 Å². The van der Waals surface area contributed by atoms with Crippen molar-refractivity contribution < 1.29 is 0 Å². The van der Waals surface area contributed by atoms with Crippen molar-refractivity contribution in [3.05, 3.63) is 116 Å². The number of rotatable bonds is 3. The third-order valence-electron chi connectivity index (χ3n) is 5.12. The van der Waals surface area contributed by atoms with Gasteiger partial charge in [0.15, 0.2) is 5.82 Å². The highest BCUT2D eigenvalue weighted by Gasteiger charge is 2.31. The van der Waals surface area contributed by atoms with Crippen LogP contribution in [0.5, 0.6) is 0 Å². The van der Waals surface area contributed by atoms with Crippen molar-refractivity contribution in [2.45, 2.75) is 0 Å². The minimum Gasteiger partial charge on any atom is -0.302 e. The number of aromatic nitrogens is 2. The summed E-state index contributed by atoms with van der Waals surface area (Å²) >= 11 is 18.8. The largest absolute Gasteiger partial charge is 0.332 e. The van der Waals surface area contributed by atoms with Crippen molar-refractivity contribution in [3.63, 3.8) is 0 Å². The molecule has 4 aromatic rings. The second-order valence-electron chi connectivity index (χ2n) is 7.12. The SMILES string of the molecule is C=C1c2[nH]c(=O)n(-c3ccccc3)c2N=C(c2ccc(Cl)cc2Cl)N1c1ccc(Cl)cc1. The Labute approximate surface area is 198 Å². The number of aliphatic imine (C=N–C) groups is 1. The first kappa shape index (κ1) is 20.6. The Morgan fingerprint density at radius 3 is 2.22 bits per heavy atom. The summed E-state index contributed by atoms with van der Waals surface area (Å²) in [6, 6.07) is 21.7. The van der Waals surface area contributed by atoms with Crippen LogP contribution in [0.15, 0.2) is 89.2 Å². The van der Waals surface area contributed by atoms with Crippen molar-refractivity contribution in [1.29, 1.82) is 0 Å². The van der Waals surface area contributed by atoms with Crippen LogP contribution in [0, 0.1) is 0 Å². The molecule has 0 fully saturated rings. The zero-order chi connectivity index (χ0) is 22.4. The minimum absolute atomic E-state index is 0.314. The average Bonchev–Trinajstić information content (AvgIpc) is 3.11. The molecule has 0 radical (unpaired) electrons. The van der Waals surface area contributed by atoms with E-state index in [4.69, 9.17) is 39.8 Å². The molecule has 32 heavy (non-hydrogen) atoms. The predicted octanol–water partition coefficient (Wildman–Crippen LogP) is 6.70. The number of aromatic amines is 1. The molecule has 1 aliphatic rings. The Kier molecular flexibility index (Phi) is 5.18. The summed E-state index contributed by atoms with van der Waals surface area (Å²) in [6.07, 6.45) is 0. The highest BCUT2D eigenvalue weighted by molar-refractivity contribution is 6.38. The molecule has 0 spiro atoms. The molecule has 5 rings (SSSR count). The molecule has 0 saturated carbocycles. The van der Waals surface area contributed by atoms with E-state index in [1.807, 2.05) is 47.4 Å². The minimum atomic E-state index is -0.314. The van der Waals surface area contributed by atoms with Crippen LogP contribution >= 0.6 is 34.8 Å². The van der Waals surface area contributed by atoms with Crippen LogP contribution in [0.25, 0.3) is 11.4 Å². The van der Waals surface area contributed by atoms with Crippen LogP contribution < -0.4 is 10.6 Å². The standard InChI is InChI=1S/C24H15Cl3N4O/c1-14-21-23(31(24(32)28-21)17-5-3-2-4-6-17)29-22(19-12-9-16(26)13-20(19)27)30(14)18-10-7-15(25)8-11-18/h2-13H,1H2,(H,28,32). The summed E-state index contributed by atoms with van der Waals surface area (Å²) < 4.78 is 1.52. The topological polar surface area (TPSA) is 53.4 Å². The Balaban J connectivity index is 1.79. The van der Waals surface area contributed by atoms with Gasteiger partial charge in [0.1, 0.15) is 11.5 Å². The lowest BCUT2D eigenvalue weighted by Gasteiger charge is -2.31. The number of H-pyrrole nitrogens is 1. The lowest BCUT2D eigenvalue weighted by atomic mass is 10.1. The molecule has 0 saturated heterocycles. The number of nitrogens with one attached hydrogen (secondary N) is 1. The fraction of sp³-hybridized carbons (Fsp3) is 0. The first-order chi connectivity index (χ1) is 15.4. The summed E-state index contributed by atoms with van der Waals surface area (Å²) in [5.74, 6) is 0.951. The van der Waals surface area contributed by atoms with Crippen LogP contribution in [0.4, 0.5) is 11.5 Å². The normalized spacial score (nSPS) is 13.2. The first-order valence-corrected chi connectivity index (χ1v) is 10.8. The van der Waals surface area contributed by atoms with Crippen molar-refractivity contribution in [3.8, 4) is 5.69 Å². The maximum absolute atomic E-state index is 12.9. The Hall–Kier alpha value is -3.25. The quantitative estimate of drug-likeness (QED) is 0.354. The van der Waals surface area contributed by atoms with E-state index in [0.29, 0.717) is 49.4 Å². The lowest BCUT2D eigenvalue weighted by molar-refractivity contribution is 0.983. The number of para-hydroxylation sites is 1. The number of imidazole rings is 1. The zero-order valence-corrected chi connectivity index (χ0v) is 18.8. The number of benzene rings is 3. The lowest BCUT2D eigenvalue weighted by Crippen LogP contribution is -2.32. The van der Waals surface area contributed by atoms with Gasteiger partial charge in [-0.1, -0.05) is 59.6 Å². The van der Waals surface area contributed by atoms with Crippen LogP contribution in [0.1, 0.15) is 11.3 Å². The number of halogens is 3.